The maximum atomic E-state index is 13.0. The smallest absolute Gasteiger partial charge is 0.262 e. The number of carbonyl (C=O) groups excluding carboxylic acids is 2. The Bertz CT molecular complexity index is 1110. The predicted molar refractivity (Wildman–Crippen MR) is 110 cm³/mol. The van der Waals surface area contributed by atoms with Crippen LogP contribution in [0.2, 0.25) is 0 Å². The topological polar surface area (TPSA) is 81.1 Å². The van der Waals surface area contributed by atoms with Gasteiger partial charge in [0, 0.05) is 23.1 Å². The number of aryl methyl sites for hydroxylation is 2. The van der Waals surface area contributed by atoms with Crippen LogP contribution in [0.4, 0.5) is 5.69 Å². The van der Waals surface area contributed by atoms with Crippen molar-refractivity contribution in [2.24, 2.45) is 0 Å². The van der Waals surface area contributed by atoms with Gasteiger partial charge in [-0.25, -0.2) is 4.98 Å². The zero-order chi connectivity index (χ0) is 19.7. The summed E-state index contributed by atoms with van der Waals surface area (Å²) in [5, 5.41) is 3.36. The van der Waals surface area contributed by atoms with Crippen LogP contribution < -0.4 is 10.9 Å². The molecule has 0 radical (unpaired) electrons. The molecule has 1 N–H and O–H groups in total. The molecule has 1 aliphatic carbocycles. The molecule has 0 spiro atoms. The van der Waals surface area contributed by atoms with Gasteiger partial charge < -0.3 is 5.32 Å². The number of hydrogen-bond acceptors (Lipinski definition) is 5. The molecule has 0 aliphatic heterocycles. The second-order valence-corrected chi connectivity index (χ2v) is 8.19. The number of thiophene rings is 1. The largest absolute Gasteiger partial charge is 0.326 e. The molecule has 2 heterocycles. The minimum Gasteiger partial charge on any atom is -0.326 e. The van der Waals surface area contributed by atoms with Gasteiger partial charge in [-0.15, -0.1) is 11.3 Å². The highest BCUT2D eigenvalue weighted by atomic mass is 32.1. The van der Waals surface area contributed by atoms with Crippen molar-refractivity contribution < 1.29 is 9.59 Å². The van der Waals surface area contributed by atoms with E-state index in [4.69, 9.17) is 0 Å². The molecule has 28 heavy (non-hydrogen) atoms. The molecule has 0 saturated carbocycles. The summed E-state index contributed by atoms with van der Waals surface area (Å²) < 4.78 is 1.41. The molecule has 6 nitrogen and oxygen atoms in total. The zero-order valence-electron chi connectivity index (χ0n) is 15.7. The Morgan fingerprint density at radius 2 is 1.89 bits per heavy atom. The van der Waals surface area contributed by atoms with Gasteiger partial charge in [0.2, 0.25) is 5.91 Å². The second kappa shape index (κ2) is 7.67. The first-order chi connectivity index (χ1) is 13.5. The number of nitrogens with one attached hydrogen (secondary N) is 1. The lowest BCUT2D eigenvalue weighted by Crippen LogP contribution is -2.25. The van der Waals surface area contributed by atoms with Gasteiger partial charge in [-0.05, 0) is 55.5 Å². The molecule has 1 amide bonds. The maximum Gasteiger partial charge on any atom is 0.262 e. The van der Waals surface area contributed by atoms with Crippen molar-refractivity contribution in [1.29, 1.82) is 0 Å². The van der Waals surface area contributed by atoms with Crippen molar-refractivity contribution in [2.75, 3.05) is 5.32 Å². The summed E-state index contributed by atoms with van der Waals surface area (Å²) >= 11 is 1.61. The first-order valence-corrected chi connectivity index (χ1v) is 10.2. The Hall–Kier alpha value is -2.80. The maximum absolute atomic E-state index is 13.0. The normalized spacial score (nSPS) is 13.8. The fourth-order valence-corrected chi connectivity index (χ4v) is 4.88. The SMILES string of the molecule is CC(=O)Nc1ccc(C(=O)Cn2cnc3sc4c(c3c2=O)CCCCC4)cc1. The number of rotatable bonds is 4. The van der Waals surface area contributed by atoms with E-state index in [0.717, 1.165) is 36.1 Å². The standard InChI is InChI=1S/C21H21N3O3S/c1-13(25)23-15-9-7-14(8-10-15)17(26)11-24-12-22-20-19(21(24)27)16-5-3-2-4-6-18(16)28-20/h7-10,12H,2-6,11H2,1H3,(H,23,25). The summed E-state index contributed by atoms with van der Waals surface area (Å²) in [5.41, 5.74) is 2.12. The van der Waals surface area contributed by atoms with E-state index in [1.54, 1.807) is 35.6 Å². The average molecular weight is 395 g/mol. The van der Waals surface area contributed by atoms with Crippen LogP contribution in [-0.2, 0) is 24.2 Å². The molecule has 144 valence electrons. The van der Waals surface area contributed by atoms with Gasteiger partial charge in [-0.3, -0.25) is 19.0 Å². The Morgan fingerprint density at radius 1 is 1.14 bits per heavy atom. The van der Waals surface area contributed by atoms with Crippen LogP contribution in [0.1, 0.15) is 47.0 Å². The Labute approximate surface area is 166 Å². The molecule has 0 saturated heterocycles. The van der Waals surface area contributed by atoms with Crippen molar-refractivity contribution in [1.82, 2.24) is 9.55 Å². The molecular weight excluding hydrogens is 374 g/mol. The van der Waals surface area contributed by atoms with Crippen molar-refractivity contribution in [3.63, 3.8) is 0 Å². The van der Waals surface area contributed by atoms with E-state index in [1.165, 1.54) is 29.1 Å². The number of fused-ring (bicyclic) bond motifs is 3. The number of hydrogen-bond donors (Lipinski definition) is 1. The highest BCUT2D eigenvalue weighted by molar-refractivity contribution is 7.18. The van der Waals surface area contributed by atoms with E-state index >= 15 is 0 Å². The molecule has 1 aliphatic rings. The first kappa shape index (κ1) is 18.6. The molecule has 0 fully saturated rings. The van der Waals surface area contributed by atoms with Crippen LogP contribution in [0.5, 0.6) is 0 Å². The lowest BCUT2D eigenvalue weighted by atomic mass is 10.1. The summed E-state index contributed by atoms with van der Waals surface area (Å²) in [6, 6.07) is 6.66. The van der Waals surface area contributed by atoms with Crippen LogP contribution >= 0.6 is 11.3 Å². The van der Waals surface area contributed by atoms with E-state index in [0.29, 0.717) is 16.6 Å². The van der Waals surface area contributed by atoms with E-state index in [9.17, 15) is 14.4 Å². The van der Waals surface area contributed by atoms with Gasteiger partial charge in [0.1, 0.15) is 4.83 Å². The van der Waals surface area contributed by atoms with E-state index in [2.05, 4.69) is 10.3 Å². The number of nitrogens with zero attached hydrogens (tertiary/aromatic N) is 2. The highest BCUT2D eigenvalue weighted by Crippen LogP contribution is 2.32. The lowest BCUT2D eigenvalue weighted by Gasteiger charge is -2.07. The summed E-state index contributed by atoms with van der Waals surface area (Å²) in [5.74, 6) is -0.334. The molecule has 1 aromatic carbocycles. The lowest BCUT2D eigenvalue weighted by molar-refractivity contribution is -0.114. The molecule has 2 aromatic heterocycles. The Morgan fingerprint density at radius 3 is 2.64 bits per heavy atom. The third kappa shape index (κ3) is 3.62. The number of anilines is 1. The number of aromatic nitrogens is 2. The Balaban J connectivity index is 1.61. The van der Waals surface area contributed by atoms with Gasteiger partial charge in [0.25, 0.3) is 5.56 Å². The van der Waals surface area contributed by atoms with E-state index in [-0.39, 0.29) is 23.8 Å². The Kier molecular flexibility index (Phi) is 5.09. The molecule has 3 aromatic rings. The summed E-state index contributed by atoms with van der Waals surface area (Å²) in [7, 11) is 0. The number of benzene rings is 1. The third-order valence-electron chi connectivity index (χ3n) is 5.03. The quantitative estimate of drug-likeness (QED) is 0.541. The van der Waals surface area contributed by atoms with Crippen LogP contribution in [0.3, 0.4) is 0 Å². The number of amides is 1. The van der Waals surface area contributed by atoms with Gasteiger partial charge >= 0.3 is 0 Å². The van der Waals surface area contributed by atoms with Crippen molar-refractivity contribution in [3.8, 4) is 0 Å². The second-order valence-electron chi connectivity index (χ2n) is 7.10. The van der Waals surface area contributed by atoms with Crippen LogP contribution in [-0.4, -0.2) is 21.2 Å². The molecule has 0 bridgehead atoms. The van der Waals surface area contributed by atoms with Crippen molar-refractivity contribution >= 4 is 38.9 Å². The molecule has 7 heteroatoms. The van der Waals surface area contributed by atoms with Gasteiger partial charge in [-0.2, -0.15) is 0 Å². The highest BCUT2D eigenvalue weighted by Gasteiger charge is 2.20. The first-order valence-electron chi connectivity index (χ1n) is 9.43. The minimum atomic E-state index is -0.168. The third-order valence-corrected chi connectivity index (χ3v) is 6.23. The number of ketones is 1. The van der Waals surface area contributed by atoms with Gasteiger partial charge in [0.05, 0.1) is 18.3 Å². The summed E-state index contributed by atoms with van der Waals surface area (Å²) in [6.45, 7) is 1.38. The fourth-order valence-electron chi connectivity index (χ4n) is 3.66. The fraction of sp³-hybridized carbons (Fsp3) is 0.333. The van der Waals surface area contributed by atoms with Crippen molar-refractivity contribution in [2.45, 2.75) is 45.6 Å². The molecule has 0 unspecified atom stereocenters. The molecular formula is C21H21N3O3S. The van der Waals surface area contributed by atoms with Crippen molar-refractivity contribution in [3.05, 3.63) is 57.0 Å². The average Bonchev–Trinajstić information content (AvgIpc) is 2.86. The summed E-state index contributed by atoms with van der Waals surface area (Å²) in [4.78, 5) is 43.3. The minimum absolute atomic E-state index is 0.0497. The van der Waals surface area contributed by atoms with Gasteiger partial charge in [-0.1, -0.05) is 6.42 Å². The van der Waals surface area contributed by atoms with Crippen LogP contribution in [0.25, 0.3) is 10.2 Å². The van der Waals surface area contributed by atoms with Gasteiger partial charge in [0.15, 0.2) is 5.78 Å². The number of carbonyl (C=O) groups is 2. The predicted octanol–water partition coefficient (Wildman–Crippen LogP) is 3.57. The monoisotopic (exact) mass is 395 g/mol. The summed E-state index contributed by atoms with van der Waals surface area (Å²) in [6.07, 6.45) is 6.83. The molecule has 4 rings (SSSR count). The molecule has 0 atom stereocenters. The van der Waals surface area contributed by atoms with Crippen LogP contribution in [0.15, 0.2) is 35.4 Å². The zero-order valence-corrected chi connectivity index (χ0v) is 16.5. The van der Waals surface area contributed by atoms with E-state index < -0.39 is 0 Å². The number of Topliss-reactive ketones (excluding diaryl/α,β-unsaturated/α-hetero) is 1. The van der Waals surface area contributed by atoms with Crippen LogP contribution in [0, 0.1) is 0 Å². The van der Waals surface area contributed by atoms with E-state index in [1.807, 2.05) is 0 Å².